The van der Waals surface area contributed by atoms with E-state index in [1.807, 2.05) is 0 Å². The number of hydrogen-bond donors (Lipinski definition) is 0. The molecule has 2 rings (SSSR count). The normalized spacial score (nSPS) is 10.3. The molecule has 0 fully saturated rings. The minimum Gasteiger partial charge on any atom is -0.494 e. The van der Waals surface area contributed by atoms with E-state index in [1.165, 1.54) is 25.4 Å². The van der Waals surface area contributed by atoms with Crippen LogP contribution in [0.25, 0.3) is 0 Å². The van der Waals surface area contributed by atoms with E-state index in [1.54, 1.807) is 0 Å². The molecule has 1 heterocycles. The van der Waals surface area contributed by atoms with Crippen LogP contribution < -0.4 is 4.74 Å². The number of hydrogen-bond acceptors (Lipinski definition) is 3. The number of pyridine rings is 1. The molecule has 0 aliphatic rings. The van der Waals surface area contributed by atoms with Gasteiger partial charge in [0.1, 0.15) is 5.75 Å². The Morgan fingerprint density at radius 1 is 1.16 bits per heavy atom. The Kier molecular flexibility index (Phi) is 3.50. The van der Waals surface area contributed by atoms with Crippen molar-refractivity contribution >= 4 is 5.78 Å². The van der Waals surface area contributed by atoms with Crippen LogP contribution in [-0.4, -0.2) is 17.9 Å². The Morgan fingerprint density at radius 2 is 1.89 bits per heavy atom. The van der Waals surface area contributed by atoms with Crippen molar-refractivity contribution < 1.29 is 22.7 Å². The molecule has 0 aliphatic heterocycles. The molecule has 0 bridgehead atoms. The van der Waals surface area contributed by atoms with E-state index in [0.29, 0.717) is 6.07 Å². The third kappa shape index (κ3) is 2.29. The third-order valence-corrected chi connectivity index (χ3v) is 2.49. The fourth-order valence-electron chi connectivity index (χ4n) is 1.55. The molecule has 3 nitrogen and oxygen atoms in total. The maximum atomic E-state index is 13.5. The van der Waals surface area contributed by atoms with Crippen molar-refractivity contribution in [1.29, 1.82) is 0 Å². The smallest absolute Gasteiger partial charge is 0.218 e. The van der Waals surface area contributed by atoms with Crippen LogP contribution in [0.1, 0.15) is 16.1 Å². The van der Waals surface area contributed by atoms with Crippen molar-refractivity contribution in [3.8, 4) is 5.75 Å². The molecule has 0 saturated heterocycles. The van der Waals surface area contributed by atoms with Crippen LogP contribution in [0, 0.1) is 17.5 Å². The van der Waals surface area contributed by atoms with Crippen LogP contribution in [0.15, 0.2) is 30.5 Å². The van der Waals surface area contributed by atoms with Crippen LogP contribution in [0.3, 0.4) is 0 Å². The Morgan fingerprint density at radius 3 is 2.58 bits per heavy atom. The number of halogens is 3. The van der Waals surface area contributed by atoms with Gasteiger partial charge in [-0.1, -0.05) is 0 Å². The summed E-state index contributed by atoms with van der Waals surface area (Å²) in [5, 5.41) is 0. The van der Waals surface area contributed by atoms with E-state index >= 15 is 0 Å². The van der Waals surface area contributed by atoms with Gasteiger partial charge in [-0.25, -0.2) is 18.2 Å². The molecule has 0 spiro atoms. The number of ether oxygens (including phenoxy) is 1. The predicted molar refractivity (Wildman–Crippen MR) is 60.5 cm³/mol. The van der Waals surface area contributed by atoms with Crippen LogP contribution in [0.4, 0.5) is 13.2 Å². The molecule has 0 amide bonds. The second kappa shape index (κ2) is 5.09. The average molecular weight is 267 g/mol. The first-order valence-electron chi connectivity index (χ1n) is 5.23. The largest absolute Gasteiger partial charge is 0.494 e. The van der Waals surface area contributed by atoms with Gasteiger partial charge in [0.2, 0.25) is 5.78 Å². The molecule has 98 valence electrons. The van der Waals surface area contributed by atoms with E-state index in [4.69, 9.17) is 4.74 Å². The summed E-state index contributed by atoms with van der Waals surface area (Å²) in [6, 6.07) is 4.53. The van der Waals surface area contributed by atoms with Gasteiger partial charge in [0.05, 0.1) is 12.7 Å². The molecule has 0 aliphatic carbocycles. The Bertz CT molecular complexity index is 644. The molecular weight excluding hydrogens is 259 g/mol. The first kappa shape index (κ1) is 13.1. The summed E-state index contributed by atoms with van der Waals surface area (Å²) < 4.78 is 44.3. The quantitative estimate of drug-likeness (QED) is 0.634. The summed E-state index contributed by atoms with van der Waals surface area (Å²) >= 11 is 0. The van der Waals surface area contributed by atoms with E-state index in [0.717, 1.165) is 6.07 Å². The lowest BCUT2D eigenvalue weighted by Crippen LogP contribution is -2.10. The van der Waals surface area contributed by atoms with Gasteiger partial charge in [0, 0.05) is 6.20 Å². The molecule has 6 heteroatoms. The summed E-state index contributed by atoms with van der Waals surface area (Å²) in [5.41, 5.74) is -0.772. The van der Waals surface area contributed by atoms with Gasteiger partial charge >= 0.3 is 0 Å². The molecule has 19 heavy (non-hydrogen) atoms. The number of ketones is 1. The molecule has 1 aromatic carbocycles. The highest BCUT2D eigenvalue weighted by molar-refractivity contribution is 6.09. The van der Waals surface area contributed by atoms with Crippen molar-refractivity contribution in [2.24, 2.45) is 0 Å². The number of rotatable bonds is 3. The molecule has 0 atom stereocenters. The van der Waals surface area contributed by atoms with Crippen LogP contribution in [0.5, 0.6) is 5.75 Å². The minimum absolute atomic E-state index is 0.122. The SMILES string of the molecule is COc1cccnc1C(=O)c1ccc(F)c(F)c1F. The monoisotopic (exact) mass is 267 g/mol. The van der Waals surface area contributed by atoms with E-state index in [9.17, 15) is 18.0 Å². The van der Waals surface area contributed by atoms with Crippen LogP contribution >= 0.6 is 0 Å². The fourth-order valence-corrected chi connectivity index (χ4v) is 1.55. The van der Waals surface area contributed by atoms with Gasteiger partial charge in [-0.15, -0.1) is 0 Å². The average Bonchev–Trinajstić information content (AvgIpc) is 2.44. The van der Waals surface area contributed by atoms with E-state index < -0.39 is 28.8 Å². The van der Waals surface area contributed by atoms with Gasteiger partial charge in [-0.05, 0) is 24.3 Å². The molecule has 2 aromatic rings. The summed E-state index contributed by atoms with van der Waals surface area (Å²) in [5.74, 6) is -5.36. The number of benzene rings is 1. The van der Waals surface area contributed by atoms with E-state index in [2.05, 4.69) is 4.98 Å². The first-order valence-corrected chi connectivity index (χ1v) is 5.23. The lowest BCUT2D eigenvalue weighted by molar-refractivity contribution is 0.102. The second-order valence-corrected chi connectivity index (χ2v) is 3.61. The summed E-state index contributed by atoms with van der Waals surface area (Å²) in [6.07, 6.45) is 1.31. The van der Waals surface area contributed by atoms with Crippen molar-refractivity contribution in [3.63, 3.8) is 0 Å². The molecule has 1 aromatic heterocycles. The van der Waals surface area contributed by atoms with Gasteiger partial charge < -0.3 is 4.74 Å². The Balaban J connectivity index is 2.54. The highest BCUT2D eigenvalue weighted by Crippen LogP contribution is 2.22. The second-order valence-electron chi connectivity index (χ2n) is 3.61. The van der Waals surface area contributed by atoms with Crippen molar-refractivity contribution in [2.45, 2.75) is 0 Å². The molecule has 0 N–H and O–H groups in total. The van der Waals surface area contributed by atoms with Gasteiger partial charge in [0.15, 0.2) is 23.1 Å². The summed E-state index contributed by atoms with van der Waals surface area (Å²) in [6.45, 7) is 0. The number of methoxy groups -OCH3 is 1. The number of carbonyl (C=O) groups excluding carboxylic acids is 1. The Hall–Kier alpha value is -2.37. The number of aromatic nitrogens is 1. The van der Waals surface area contributed by atoms with Crippen LogP contribution in [0.2, 0.25) is 0 Å². The molecule has 0 unspecified atom stereocenters. The lowest BCUT2D eigenvalue weighted by atomic mass is 10.1. The van der Waals surface area contributed by atoms with Crippen molar-refractivity contribution in [2.75, 3.05) is 7.11 Å². The van der Waals surface area contributed by atoms with E-state index in [-0.39, 0.29) is 11.4 Å². The van der Waals surface area contributed by atoms with Gasteiger partial charge in [-0.2, -0.15) is 0 Å². The zero-order valence-corrected chi connectivity index (χ0v) is 9.78. The maximum Gasteiger partial charge on any atom is 0.218 e. The molecule has 0 saturated carbocycles. The zero-order valence-electron chi connectivity index (χ0n) is 9.78. The number of carbonyl (C=O) groups is 1. The van der Waals surface area contributed by atoms with Crippen molar-refractivity contribution in [3.05, 3.63) is 59.2 Å². The summed E-state index contributed by atoms with van der Waals surface area (Å²) in [4.78, 5) is 15.8. The Labute approximate surface area is 106 Å². The lowest BCUT2D eigenvalue weighted by Gasteiger charge is -2.07. The predicted octanol–water partition coefficient (Wildman–Crippen LogP) is 2.74. The van der Waals surface area contributed by atoms with Gasteiger partial charge in [-0.3, -0.25) is 4.79 Å². The first-order chi connectivity index (χ1) is 9.06. The molecular formula is C13H8F3NO2. The van der Waals surface area contributed by atoms with Crippen LogP contribution in [-0.2, 0) is 0 Å². The minimum atomic E-state index is -1.69. The summed E-state index contributed by atoms with van der Waals surface area (Å²) in [7, 11) is 1.31. The standard InChI is InChI=1S/C13H8F3NO2/c1-19-9-3-2-6-17-12(9)13(18)7-4-5-8(14)11(16)10(7)15/h2-6H,1H3. The third-order valence-electron chi connectivity index (χ3n) is 2.49. The van der Waals surface area contributed by atoms with Crippen molar-refractivity contribution in [1.82, 2.24) is 4.98 Å². The highest BCUT2D eigenvalue weighted by atomic mass is 19.2. The molecule has 0 radical (unpaired) electrons. The number of nitrogens with zero attached hydrogens (tertiary/aromatic N) is 1. The maximum absolute atomic E-state index is 13.5. The van der Waals surface area contributed by atoms with Gasteiger partial charge in [0.25, 0.3) is 0 Å². The zero-order chi connectivity index (χ0) is 14.0. The fraction of sp³-hybridized carbons (Fsp3) is 0.0769. The topological polar surface area (TPSA) is 39.2 Å². The highest BCUT2D eigenvalue weighted by Gasteiger charge is 2.23.